The predicted octanol–water partition coefficient (Wildman–Crippen LogP) is 1.68. The zero-order valence-electron chi connectivity index (χ0n) is 16.6. The van der Waals surface area contributed by atoms with Gasteiger partial charge in [0.1, 0.15) is 27.9 Å². The molecule has 3 aromatic rings. The van der Waals surface area contributed by atoms with Crippen LogP contribution in [0.5, 0.6) is 0 Å². The standard InChI is InChI=1S/C23H15F2N3O3S/c1-31-23(30)18-19(27)16(11-26)20(13-4-8-15(25)9-5-13)28-21(29)17(32-22(18)28)10-12-2-6-14(24)7-3-12/h2-10,20H,27H2,1H3/b17-10+/t20-/m0/s1. The minimum absolute atomic E-state index is 0.0299. The van der Waals surface area contributed by atoms with E-state index in [1.165, 1.54) is 60.2 Å². The van der Waals surface area contributed by atoms with Gasteiger partial charge in [-0.2, -0.15) is 5.26 Å². The summed E-state index contributed by atoms with van der Waals surface area (Å²) in [6.45, 7) is 0. The van der Waals surface area contributed by atoms with Gasteiger partial charge >= 0.3 is 5.97 Å². The molecule has 1 aromatic heterocycles. The lowest BCUT2D eigenvalue weighted by Crippen LogP contribution is -2.41. The number of carbonyl (C=O) groups excluding carboxylic acids is 1. The van der Waals surface area contributed by atoms with Crippen LogP contribution in [0.15, 0.2) is 64.6 Å². The van der Waals surface area contributed by atoms with Crippen molar-refractivity contribution in [2.45, 2.75) is 6.04 Å². The van der Waals surface area contributed by atoms with Crippen LogP contribution in [0.25, 0.3) is 11.6 Å². The maximum Gasteiger partial charge on any atom is 0.343 e. The Balaban J connectivity index is 2.09. The third-order valence-corrected chi connectivity index (χ3v) is 6.13. The van der Waals surface area contributed by atoms with Crippen molar-refractivity contribution in [1.29, 1.82) is 5.26 Å². The highest BCUT2D eigenvalue weighted by atomic mass is 32.1. The number of methoxy groups -OCH3 is 1. The molecule has 1 atom stereocenters. The summed E-state index contributed by atoms with van der Waals surface area (Å²) < 4.78 is 33.3. The molecule has 0 amide bonds. The maximum atomic E-state index is 13.5. The summed E-state index contributed by atoms with van der Waals surface area (Å²) in [5, 5.41) is 9.82. The molecule has 160 valence electrons. The molecule has 6 nitrogen and oxygen atoms in total. The van der Waals surface area contributed by atoms with Crippen LogP contribution in [0.2, 0.25) is 0 Å². The fraction of sp³-hybridized carbons (Fsp3) is 0.0870. The highest BCUT2D eigenvalue weighted by Crippen LogP contribution is 2.31. The van der Waals surface area contributed by atoms with E-state index in [0.29, 0.717) is 11.1 Å². The number of thiazole rings is 1. The van der Waals surface area contributed by atoms with E-state index in [1.54, 1.807) is 6.08 Å². The zero-order valence-corrected chi connectivity index (χ0v) is 17.5. The smallest absolute Gasteiger partial charge is 0.343 e. The predicted molar refractivity (Wildman–Crippen MR) is 115 cm³/mol. The molecule has 0 saturated heterocycles. The van der Waals surface area contributed by atoms with Gasteiger partial charge in [0.2, 0.25) is 0 Å². The first-order chi connectivity index (χ1) is 15.3. The van der Waals surface area contributed by atoms with Crippen molar-refractivity contribution in [2.24, 2.45) is 5.73 Å². The molecule has 2 aromatic carbocycles. The topological polar surface area (TPSA) is 98.1 Å². The molecule has 2 N–H and O–H groups in total. The van der Waals surface area contributed by atoms with E-state index >= 15 is 0 Å². The minimum Gasteiger partial charge on any atom is -0.465 e. The van der Waals surface area contributed by atoms with Crippen LogP contribution in [-0.4, -0.2) is 17.6 Å². The van der Waals surface area contributed by atoms with Gasteiger partial charge in [-0.1, -0.05) is 24.3 Å². The van der Waals surface area contributed by atoms with E-state index in [2.05, 4.69) is 0 Å². The number of halogens is 2. The Morgan fingerprint density at radius 1 is 1.16 bits per heavy atom. The van der Waals surface area contributed by atoms with Crippen molar-refractivity contribution < 1.29 is 18.3 Å². The van der Waals surface area contributed by atoms with Crippen molar-refractivity contribution >= 4 is 29.0 Å². The number of rotatable bonds is 3. The van der Waals surface area contributed by atoms with Crippen molar-refractivity contribution in [2.75, 3.05) is 7.11 Å². The summed E-state index contributed by atoms with van der Waals surface area (Å²) in [4.78, 5) is 25.9. The highest BCUT2D eigenvalue weighted by Gasteiger charge is 2.34. The molecule has 1 aliphatic heterocycles. The molecule has 0 radical (unpaired) electrons. The second-order valence-corrected chi connectivity index (χ2v) is 7.93. The summed E-state index contributed by atoms with van der Waals surface area (Å²) >= 11 is 0.996. The summed E-state index contributed by atoms with van der Waals surface area (Å²) in [7, 11) is 1.17. The summed E-state index contributed by atoms with van der Waals surface area (Å²) in [6.07, 6.45) is 1.55. The summed E-state index contributed by atoms with van der Waals surface area (Å²) in [6, 6.07) is 11.9. The average molecular weight is 451 g/mol. The number of fused-ring (bicyclic) bond motifs is 1. The molecule has 9 heteroatoms. The van der Waals surface area contributed by atoms with Crippen LogP contribution in [0.3, 0.4) is 0 Å². The van der Waals surface area contributed by atoms with Crippen LogP contribution < -0.4 is 20.5 Å². The van der Waals surface area contributed by atoms with Crippen LogP contribution in [0.1, 0.15) is 17.2 Å². The fourth-order valence-corrected chi connectivity index (χ4v) is 4.69. The van der Waals surface area contributed by atoms with E-state index in [0.717, 1.165) is 11.3 Å². The third-order valence-electron chi connectivity index (χ3n) is 5.02. The average Bonchev–Trinajstić information content (AvgIpc) is 3.10. The normalized spacial score (nSPS) is 16.0. The Morgan fingerprint density at radius 3 is 2.31 bits per heavy atom. The minimum atomic E-state index is -0.955. The summed E-state index contributed by atoms with van der Waals surface area (Å²) in [5.41, 5.74) is 6.50. The number of aromatic nitrogens is 1. The molecule has 32 heavy (non-hydrogen) atoms. The number of hydrogen-bond donors (Lipinski definition) is 1. The van der Waals surface area contributed by atoms with Crippen LogP contribution in [-0.2, 0) is 9.53 Å². The molecule has 0 saturated carbocycles. The van der Waals surface area contributed by atoms with Gasteiger partial charge in [-0.3, -0.25) is 9.36 Å². The van der Waals surface area contributed by atoms with Gasteiger partial charge in [0.05, 0.1) is 29.0 Å². The van der Waals surface area contributed by atoms with Gasteiger partial charge in [0, 0.05) is 0 Å². The lowest BCUT2D eigenvalue weighted by molar-refractivity contribution is -0.133. The van der Waals surface area contributed by atoms with Gasteiger partial charge in [-0.05, 0) is 41.5 Å². The first-order valence-corrected chi connectivity index (χ1v) is 10.1. The Kier molecular flexibility index (Phi) is 5.47. The Labute approximate surface area is 184 Å². The second-order valence-electron chi connectivity index (χ2n) is 6.90. The van der Waals surface area contributed by atoms with E-state index in [9.17, 15) is 23.6 Å². The molecule has 0 fully saturated rings. The van der Waals surface area contributed by atoms with Crippen LogP contribution in [0, 0.1) is 23.0 Å². The molecular formula is C23H15F2N3O3S. The number of esters is 1. The molecule has 4 rings (SSSR count). The number of nitriles is 1. The van der Waals surface area contributed by atoms with Gasteiger partial charge in [0.25, 0.3) is 5.56 Å². The largest absolute Gasteiger partial charge is 0.465 e. The Bertz CT molecular complexity index is 1480. The Hall–Kier alpha value is -4.03. The first kappa shape index (κ1) is 21.2. The van der Waals surface area contributed by atoms with Gasteiger partial charge in [0.15, 0.2) is 0 Å². The number of nitrogens with two attached hydrogens (primary N) is 1. The maximum absolute atomic E-state index is 13.5. The molecule has 0 bridgehead atoms. The SMILES string of the molecule is COC(=O)C1=c2s/c(=C/c3ccc(F)cc3)c(=O)n2[C@@H](c2ccc(F)cc2)C(C#N)=C1N. The molecule has 0 unspecified atom stereocenters. The number of hydrogen-bond acceptors (Lipinski definition) is 6. The quantitative estimate of drug-likeness (QED) is 0.611. The van der Waals surface area contributed by atoms with E-state index < -0.39 is 29.2 Å². The lowest BCUT2D eigenvalue weighted by Gasteiger charge is -2.24. The van der Waals surface area contributed by atoms with E-state index in [-0.39, 0.29) is 26.0 Å². The van der Waals surface area contributed by atoms with Crippen molar-refractivity contribution in [3.8, 4) is 6.07 Å². The molecule has 0 aliphatic carbocycles. The number of carbonyl (C=O) groups is 1. The number of benzene rings is 2. The van der Waals surface area contributed by atoms with E-state index in [1.807, 2.05) is 6.07 Å². The molecule has 2 heterocycles. The third kappa shape index (κ3) is 3.50. The van der Waals surface area contributed by atoms with Crippen molar-refractivity contribution in [3.63, 3.8) is 0 Å². The second kappa shape index (κ2) is 8.24. The van der Waals surface area contributed by atoms with Crippen LogP contribution in [0.4, 0.5) is 8.78 Å². The Morgan fingerprint density at radius 2 is 1.75 bits per heavy atom. The number of ether oxygens (including phenoxy) is 1. The van der Waals surface area contributed by atoms with Crippen molar-refractivity contribution in [1.82, 2.24) is 4.57 Å². The van der Waals surface area contributed by atoms with Gasteiger partial charge in [-0.15, -0.1) is 11.3 Å². The highest BCUT2D eigenvalue weighted by molar-refractivity contribution is 7.07. The number of allylic oxidation sites excluding steroid dienone is 1. The monoisotopic (exact) mass is 451 g/mol. The molecular weight excluding hydrogens is 436 g/mol. The van der Waals surface area contributed by atoms with Crippen molar-refractivity contribution in [3.05, 3.63) is 102 Å². The first-order valence-electron chi connectivity index (χ1n) is 9.32. The molecule has 1 aliphatic rings. The zero-order chi connectivity index (χ0) is 23.0. The fourth-order valence-electron chi connectivity index (χ4n) is 3.52. The summed E-state index contributed by atoms with van der Waals surface area (Å²) in [5.74, 6) is -1.70. The number of nitrogens with zero attached hydrogens (tertiary/aromatic N) is 2. The lowest BCUT2D eigenvalue weighted by atomic mass is 9.93. The van der Waals surface area contributed by atoms with Gasteiger partial charge < -0.3 is 10.5 Å². The van der Waals surface area contributed by atoms with Crippen LogP contribution >= 0.6 is 11.3 Å². The van der Waals surface area contributed by atoms with E-state index in [4.69, 9.17) is 10.5 Å². The van der Waals surface area contributed by atoms with Gasteiger partial charge in [-0.25, -0.2) is 13.6 Å². The molecule has 0 spiro atoms.